The van der Waals surface area contributed by atoms with Gasteiger partial charge in [0.15, 0.2) is 0 Å². The Hall–Kier alpha value is -0.980. The molecule has 0 bridgehead atoms. The molecule has 1 saturated heterocycles. The molecular weight excluding hydrogens is 312 g/mol. The Labute approximate surface area is 120 Å². The molecule has 2 heterocycles. The zero-order valence-corrected chi connectivity index (χ0v) is 12.4. The lowest BCUT2D eigenvalue weighted by Gasteiger charge is -2.35. The van der Waals surface area contributed by atoms with Crippen LogP contribution in [0.2, 0.25) is 0 Å². The molecule has 2 rings (SSSR count). The maximum atomic E-state index is 12.3. The maximum absolute atomic E-state index is 12.3. The highest BCUT2D eigenvalue weighted by atomic mass is 79.9. The van der Waals surface area contributed by atoms with E-state index in [1.165, 1.54) is 4.90 Å². The van der Waals surface area contributed by atoms with E-state index in [1.54, 1.807) is 25.4 Å². The Kier molecular flexibility index (Phi) is 4.54. The summed E-state index contributed by atoms with van der Waals surface area (Å²) < 4.78 is 5.89. The van der Waals surface area contributed by atoms with Gasteiger partial charge in [-0.1, -0.05) is 0 Å². The van der Waals surface area contributed by atoms with Crippen molar-refractivity contribution in [3.05, 3.63) is 28.5 Å². The van der Waals surface area contributed by atoms with Gasteiger partial charge in [-0.3, -0.25) is 4.79 Å². The van der Waals surface area contributed by atoms with Gasteiger partial charge in [-0.15, -0.1) is 0 Å². The second-order valence-corrected chi connectivity index (χ2v) is 5.69. The van der Waals surface area contributed by atoms with Crippen LogP contribution in [0.3, 0.4) is 0 Å². The zero-order valence-electron chi connectivity index (χ0n) is 10.8. The van der Waals surface area contributed by atoms with Crippen molar-refractivity contribution in [3.63, 3.8) is 0 Å². The number of hydrogen-bond acceptors (Lipinski definition) is 4. The monoisotopic (exact) mass is 328 g/mol. The molecule has 0 aliphatic carbocycles. The fraction of sp³-hybridized carbons (Fsp3) is 0.538. The highest BCUT2D eigenvalue weighted by Gasteiger charge is 2.33. The number of aromatic nitrogens is 1. The van der Waals surface area contributed by atoms with Gasteiger partial charge in [0.25, 0.3) is 5.91 Å². The predicted molar refractivity (Wildman–Crippen MR) is 73.9 cm³/mol. The molecule has 1 amide bonds. The smallest absolute Gasteiger partial charge is 0.273 e. The third kappa shape index (κ3) is 3.52. The molecule has 1 aliphatic heterocycles. The molecule has 0 spiro atoms. The third-order valence-electron chi connectivity index (χ3n) is 3.26. The van der Waals surface area contributed by atoms with Crippen LogP contribution in [0.25, 0.3) is 0 Å². The summed E-state index contributed by atoms with van der Waals surface area (Å²) in [7, 11) is 1.68. The first-order valence-corrected chi connectivity index (χ1v) is 6.97. The van der Waals surface area contributed by atoms with Crippen molar-refractivity contribution in [2.45, 2.75) is 18.4 Å². The zero-order chi connectivity index (χ0) is 13.9. The lowest BCUT2D eigenvalue weighted by atomic mass is 9.94. The van der Waals surface area contributed by atoms with E-state index in [-0.39, 0.29) is 12.5 Å². The minimum atomic E-state index is -0.857. The first-order valence-electron chi connectivity index (χ1n) is 6.18. The molecule has 19 heavy (non-hydrogen) atoms. The molecule has 5 nitrogen and oxygen atoms in total. The van der Waals surface area contributed by atoms with Gasteiger partial charge in [-0.2, -0.15) is 0 Å². The molecule has 0 radical (unpaired) electrons. The van der Waals surface area contributed by atoms with Gasteiger partial charge in [0.05, 0.1) is 5.60 Å². The number of aliphatic hydroxyl groups is 1. The Morgan fingerprint density at radius 1 is 1.58 bits per heavy atom. The van der Waals surface area contributed by atoms with Crippen LogP contribution < -0.4 is 0 Å². The third-order valence-corrected chi connectivity index (χ3v) is 3.90. The highest BCUT2D eigenvalue weighted by molar-refractivity contribution is 9.10. The summed E-state index contributed by atoms with van der Waals surface area (Å²) >= 11 is 3.31. The normalized spacial score (nSPS) is 18.1. The van der Waals surface area contributed by atoms with E-state index >= 15 is 0 Å². The lowest BCUT2D eigenvalue weighted by Crippen LogP contribution is -2.47. The number of hydrogen-bond donors (Lipinski definition) is 1. The molecule has 0 aromatic carbocycles. The topological polar surface area (TPSA) is 62.7 Å². The first-order chi connectivity index (χ1) is 9.02. The Balaban J connectivity index is 2.05. The van der Waals surface area contributed by atoms with Gasteiger partial charge in [0.2, 0.25) is 0 Å². The molecule has 0 saturated carbocycles. The van der Waals surface area contributed by atoms with E-state index in [0.29, 0.717) is 36.2 Å². The van der Waals surface area contributed by atoms with Gasteiger partial charge >= 0.3 is 0 Å². The van der Waals surface area contributed by atoms with Crippen molar-refractivity contribution in [2.24, 2.45) is 0 Å². The van der Waals surface area contributed by atoms with Crippen molar-refractivity contribution in [2.75, 3.05) is 26.8 Å². The number of halogens is 1. The van der Waals surface area contributed by atoms with Gasteiger partial charge in [0, 0.05) is 50.3 Å². The van der Waals surface area contributed by atoms with E-state index in [4.69, 9.17) is 4.74 Å². The van der Waals surface area contributed by atoms with E-state index in [2.05, 4.69) is 20.9 Å². The second kappa shape index (κ2) is 5.98. The number of rotatable bonds is 3. The molecule has 0 unspecified atom stereocenters. The predicted octanol–water partition coefficient (Wildman–Crippen LogP) is 1.46. The Morgan fingerprint density at radius 2 is 2.26 bits per heavy atom. The molecule has 1 aromatic rings. The number of carbonyl (C=O) groups excluding carboxylic acids is 1. The maximum Gasteiger partial charge on any atom is 0.273 e. The van der Waals surface area contributed by atoms with Crippen LogP contribution >= 0.6 is 15.9 Å². The van der Waals surface area contributed by atoms with Gasteiger partial charge in [-0.05, 0) is 28.1 Å². The standard InChI is InChI=1S/C13H17BrN2O3/c1-16(9-13(18)4-7-19-8-5-13)12(17)11-10(14)3-2-6-15-11/h2-3,6,18H,4-5,7-9H2,1H3. The van der Waals surface area contributed by atoms with Crippen LogP contribution in [0.5, 0.6) is 0 Å². The molecule has 1 fully saturated rings. The summed E-state index contributed by atoms with van der Waals surface area (Å²) in [5.41, 5.74) is -0.496. The quantitative estimate of drug-likeness (QED) is 0.912. The Bertz CT molecular complexity index is 461. The minimum Gasteiger partial charge on any atom is -0.388 e. The van der Waals surface area contributed by atoms with Crippen molar-refractivity contribution >= 4 is 21.8 Å². The van der Waals surface area contributed by atoms with Crippen molar-refractivity contribution in [1.82, 2.24) is 9.88 Å². The minimum absolute atomic E-state index is 0.201. The van der Waals surface area contributed by atoms with Gasteiger partial charge in [-0.25, -0.2) is 4.98 Å². The van der Waals surface area contributed by atoms with Gasteiger partial charge < -0.3 is 14.7 Å². The van der Waals surface area contributed by atoms with Crippen LogP contribution in [0, 0.1) is 0 Å². The van der Waals surface area contributed by atoms with E-state index in [1.807, 2.05) is 0 Å². The van der Waals surface area contributed by atoms with Crippen LogP contribution in [-0.4, -0.2) is 53.3 Å². The number of carbonyl (C=O) groups is 1. The van der Waals surface area contributed by atoms with Crippen LogP contribution in [-0.2, 0) is 4.74 Å². The molecular formula is C13H17BrN2O3. The van der Waals surface area contributed by atoms with Crippen LogP contribution in [0.1, 0.15) is 23.3 Å². The molecule has 1 aliphatic rings. The molecule has 1 N–H and O–H groups in total. The SMILES string of the molecule is CN(CC1(O)CCOCC1)C(=O)c1ncccc1Br. The van der Waals surface area contributed by atoms with E-state index in [0.717, 1.165) is 0 Å². The molecule has 104 valence electrons. The average molecular weight is 329 g/mol. The first kappa shape index (κ1) is 14.4. The summed E-state index contributed by atoms with van der Waals surface area (Å²) in [5.74, 6) is -0.201. The van der Waals surface area contributed by atoms with E-state index < -0.39 is 5.60 Å². The number of nitrogens with zero attached hydrogens (tertiary/aromatic N) is 2. The van der Waals surface area contributed by atoms with Crippen molar-refractivity contribution in [3.8, 4) is 0 Å². The number of ether oxygens (including phenoxy) is 1. The summed E-state index contributed by atoms with van der Waals surface area (Å²) in [4.78, 5) is 17.9. The van der Waals surface area contributed by atoms with Crippen LogP contribution in [0.4, 0.5) is 0 Å². The summed E-state index contributed by atoms with van der Waals surface area (Å²) in [6, 6.07) is 3.53. The molecule has 0 atom stereocenters. The highest BCUT2D eigenvalue weighted by Crippen LogP contribution is 2.22. The Morgan fingerprint density at radius 3 is 2.89 bits per heavy atom. The number of amides is 1. The lowest BCUT2D eigenvalue weighted by molar-refractivity contribution is -0.0734. The van der Waals surface area contributed by atoms with Crippen LogP contribution in [0.15, 0.2) is 22.8 Å². The summed E-state index contributed by atoms with van der Waals surface area (Å²) in [6.07, 6.45) is 2.68. The summed E-state index contributed by atoms with van der Waals surface area (Å²) in [6.45, 7) is 1.36. The summed E-state index contributed by atoms with van der Waals surface area (Å²) in [5, 5.41) is 10.4. The molecule has 6 heteroatoms. The van der Waals surface area contributed by atoms with Gasteiger partial charge in [0.1, 0.15) is 5.69 Å². The fourth-order valence-corrected chi connectivity index (χ4v) is 2.57. The second-order valence-electron chi connectivity index (χ2n) is 4.83. The number of likely N-dealkylation sites (N-methyl/N-ethyl adjacent to an activating group) is 1. The number of pyridine rings is 1. The molecule has 1 aromatic heterocycles. The average Bonchev–Trinajstić information content (AvgIpc) is 2.39. The van der Waals surface area contributed by atoms with Crippen molar-refractivity contribution < 1.29 is 14.6 Å². The largest absolute Gasteiger partial charge is 0.388 e. The van der Waals surface area contributed by atoms with E-state index in [9.17, 15) is 9.90 Å². The fourth-order valence-electron chi connectivity index (χ4n) is 2.15. The van der Waals surface area contributed by atoms with Crippen molar-refractivity contribution in [1.29, 1.82) is 0 Å².